The van der Waals surface area contributed by atoms with E-state index in [-0.39, 0.29) is 12.1 Å². The third-order valence-electron chi connectivity index (χ3n) is 3.85. The number of alkyl carbamates (subject to hydrolysis) is 1. The molecule has 2 rings (SSSR count). The molecule has 1 unspecified atom stereocenters. The van der Waals surface area contributed by atoms with E-state index in [0.29, 0.717) is 12.3 Å². The van der Waals surface area contributed by atoms with Crippen molar-refractivity contribution in [2.45, 2.75) is 45.3 Å². The predicted octanol–water partition coefficient (Wildman–Crippen LogP) is 3.61. The van der Waals surface area contributed by atoms with Gasteiger partial charge in [0.1, 0.15) is 11.4 Å². The van der Waals surface area contributed by atoms with Crippen molar-refractivity contribution in [3.63, 3.8) is 0 Å². The number of likely N-dealkylation sites (tertiary alicyclic amines) is 1. The van der Waals surface area contributed by atoms with E-state index < -0.39 is 5.60 Å². The molecule has 1 amide bonds. The summed E-state index contributed by atoms with van der Waals surface area (Å²) in [5.41, 5.74) is 0.153. The lowest BCUT2D eigenvalue weighted by atomic mass is 10.2. The number of ether oxygens (including phenoxy) is 2. The zero-order chi connectivity index (χ0) is 18.3. The fraction of sp³-hybridized carbons (Fsp3) is 0.579. The second-order valence-electron chi connectivity index (χ2n) is 7.24. The van der Waals surface area contributed by atoms with E-state index in [1.165, 1.54) is 0 Å². The van der Waals surface area contributed by atoms with Gasteiger partial charge in [0.25, 0.3) is 0 Å². The van der Waals surface area contributed by atoms with Crippen molar-refractivity contribution < 1.29 is 14.3 Å². The zero-order valence-electron chi connectivity index (χ0n) is 15.2. The Balaban J connectivity index is 1.61. The molecule has 1 fully saturated rings. The molecular weight excluding hydrogens is 318 g/mol. The normalized spacial score (nSPS) is 17.8. The Morgan fingerprint density at radius 1 is 1.36 bits per heavy atom. The molecule has 0 aromatic heterocycles. The van der Waals surface area contributed by atoms with Gasteiger partial charge in [-0.15, -0.1) is 0 Å². The number of nitrogens with one attached hydrogen (secondary N) is 1. The summed E-state index contributed by atoms with van der Waals surface area (Å²) in [7, 11) is 0. The molecular formula is C19H27N3O3. The Bertz CT molecular complexity index is 602. The molecule has 1 aliphatic heterocycles. The van der Waals surface area contributed by atoms with Crippen LogP contribution in [0.5, 0.6) is 5.75 Å². The van der Waals surface area contributed by atoms with Crippen molar-refractivity contribution in [1.82, 2.24) is 10.2 Å². The highest BCUT2D eigenvalue weighted by Gasteiger charge is 2.25. The van der Waals surface area contributed by atoms with Gasteiger partial charge in [0.2, 0.25) is 0 Å². The highest BCUT2D eigenvalue weighted by molar-refractivity contribution is 5.68. The SMILES string of the molecule is [C-]#[N+]c1ccc(OCCCN2CCC(NC(=O)OC(C)(C)C)C2)cc1. The summed E-state index contributed by atoms with van der Waals surface area (Å²) in [5.74, 6) is 0.790. The van der Waals surface area contributed by atoms with Gasteiger partial charge in [-0.3, -0.25) is 0 Å². The van der Waals surface area contributed by atoms with E-state index in [9.17, 15) is 4.79 Å². The van der Waals surface area contributed by atoms with Gasteiger partial charge < -0.3 is 19.7 Å². The average molecular weight is 345 g/mol. The van der Waals surface area contributed by atoms with Gasteiger partial charge >= 0.3 is 6.09 Å². The van der Waals surface area contributed by atoms with Gasteiger partial charge in [0.05, 0.1) is 13.2 Å². The summed E-state index contributed by atoms with van der Waals surface area (Å²) >= 11 is 0. The zero-order valence-corrected chi connectivity index (χ0v) is 15.2. The highest BCUT2D eigenvalue weighted by atomic mass is 16.6. The van der Waals surface area contributed by atoms with Crippen molar-refractivity contribution in [1.29, 1.82) is 0 Å². The summed E-state index contributed by atoms with van der Waals surface area (Å²) in [6.45, 7) is 15.9. The van der Waals surface area contributed by atoms with E-state index in [1.807, 2.05) is 32.9 Å². The smallest absolute Gasteiger partial charge is 0.407 e. The van der Waals surface area contributed by atoms with E-state index in [1.54, 1.807) is 12.1 Å². The molecule has 1 atom stereocenters. The molecule has 1 aliphatic rings. The van der Waals surface area contributed by atoms with Crippen molar-refractivity contribution in [2.24, 2.45) is 0 Å². The minimum absolute atomic E-state index is 0.150. The summed E-state index contributed by atoms with van der Waals surface area (Å²) in [6, 6.07) is 7.32. The van der Waals surface area contributed by atoms with Crippen LogP contribution in [0, 0.1) is 6.57 Å². The van der Waals surface area contributed by atoms with Crippen LogP contribution >= 0.6 is 0 Å². The third kappa shape index (κ3) is 7.02. The number of nitrogens with zero attached hydrogens (tertiary/aromatic N) is 2. The standard InChI is InChI=1S/C19H27N3O3/c1-19(2,3)25-18(23)21-16-10-12-22(14-16)11-5-13-24-17-8-6-15(20-4)7-9-17/h6-9,16H,5,10-14H2,1-3H3,(H,21,23). The lowest BCUT2D eigenvalue weighted by molar-refractivity contribution is 0.0505. The number of rotatable bonds is 6. The molecule has 0 radical (unpaired) electrons. The number of benzene rings is 1. The molecule has 1 N–H and O–H groups in total. The van der Waals surface area contributed by atoms with Crippen molar-refractivity contribution in [3.8, 4) is 5.75 Å². The Morgan fingerprint density at radius 3 is 2.72 bits per heavy atom. The fourth-order valence-electron chi connectivity index (χ4n) is 2.72. The Hall–Kier alpha value is -2.26. The minimum Gasteiger partial charge on any atom is -0.494 e. The molecule has 6 nitrogen and oxygen atoms in total. The Kier molecular flexibility index (Phi) is 6.65. The van der Waals surface area contributed by atoms with Crippen molar-refractivity contribution in [3.05, 3.63) is 35.7 Å². The molecule has 0 saturated carbocycles. The maximum absolute atomic E-state index is 11.8. The summed E-state index contributed by atoms with van der Waals surface area (Å²) in [5, 5.41) is 2.93. The molecule has 6 heteroatoms. The van der Waals surface area contributed by atoms with E-state index in [4.69, 9.17) is 16.0 Å². The quantitative estimate of drug-likeness (QED) is 0.632. The van der Waals surface area contributed by atoms with Crippen molar-refractivity contribution in [2.75, 3.05) is 26.2 Å². The number of amides is 1. The van der Waals surface area contributed by atoms with Crippen LogP contribution < -0.4 is 10.1 Å². The van der Waals surface area contributed by atoms with Crippen LogP contribution in [-0.4, -0.2) is 48.9 Å². The summed E-state index contributed by atoms with van der Waals surface area (Å²) in [4.78, 5) is 17.5. The number of carbonyl (C=O) groups is 1. The van der Waals surface area contributed by atoms with Crippen molar-refractivity contribution >= 4 is 11.8 Å². The molecule has 0 bridgehead atoms. The molecule has 136 valence electrons. The van der Waals surface area contributed by atoms with Crippen LogP contribution in [0.4, 0.5) is 10.5 Å². The van der Waals surface area contributed by atoms with Gasteiger partial charge in [-0.2, -0.15) is 0 Å². The second kappa shape index (κ2) is 8.72. The lowest BCUT2D eigenvalue weighted by Crippen LogP contribution is -2.40. The van der Waals surface area contributed by atoms with Gasteiger partial charge in [0.15, 0.2) is 5.69 Å². The first-order valence-corrected chi connectivity index (χ1v) is 8.68. The van der Waals surface area contributed by atoms with E-state index >= 15 is 0 Å². The molecule has 1 heterocycles. The van der Waals surface area contributed by atoms with Gasteiger partial charge in [0, 0.05) is 25.7 Å². The first-order chi connectivity index (χ1) is 11.9. The van der Waals surface area contributed by atoms with E-state index in [2.05, 4.69) is 15.1 Å². The first kappa shape index (κ1) is 19.1. The average Bonchev–Trinajstić information content (AvgIpc) is 2.97. The van der Waals surface area contributed by atoms with Crippen LogP contribution in [0.15, 0.2) is 24.3 Å². The summed E-state index contributed by atoms with van der Waals surface area (Å²) in [6.07, 6.45) is 1.52. The Morgan fingerprint density at radius 2 is 2.08 bits per heavy atom. The lowest BCUT2D eigenvalue weighted by Gasteiger charge is -2.22. The summed E-state index contributed by atoms with van der Waals surface area (Å²) < 4.78 is 11.0. The molecule has 25 heavy (non-hydrogen) atoms. The number of hydrogen-bond donors (Lipinski definition) is 1. The van der Waals surface area contributed by atoms with Crippen LogP contribution in [0.3, 0.4) is 0 Å². The van der Waals surface area contributed by atoms with Gasteiger partial charge in [-0.1, -0.05) is 12.1 Å². The largest absolute Gasteiger partial charge is 0.494 e. The number of carbonyl (C=O) groups excluding carboxylic acids is 1. The highest BCUT2D eigenvalue weighted by Crippen LogP contribution is 2.18. The Labute approximate surface area is 149 Å². The third-order valence-corrected chi connectivity index (χ3v) is 3.85. The van der Waals surface area contributed by atoms with Crippen LogP contribution in [0.2, 0.25) is 0 Å². The van der Waals surface area contributed by atoms with Crippen LogP contribution in [0.25, 0.3) is 4.85 Å². The molecule has 0 spiro atoms. The molecule has 1 saturated heterocycles. The topological polar surface area (TPSA) is 55.2 Å². The number of hydrogen-bond acceptors (Lipinski definition) is 4. The predicted molar refractivity (Wildman–Crippen MR) is 97.0 cm³/mol. The van der Waals surface area contributed by atoms with E-state index in [0.717, 1.165) is 38.2 Å². The fourth-order valence-corrected chi connectivity index (χ4v) is 2.72. The van der Waals surface area contributed by atoms with Gasteiger partial charge in [-0.25, -0.2) is 9.64 Å². The minimum atomic E-state index is -0.466. The first-order valence-electron chi connectivity index (χ1n) is 8.68. The van der Waals surface area contributed by atoms with Gasteiger partial charge in [-0.05, 0) is 45.7 Å². The van der Waals surface area contributed by atoms with Crippen LogP contribution in [0.1, 0.15) is 33.6 Å². The molecule has 1 aromatic rings. The molecule has 1 aromatic carbocycles. The van der Waals surface area contributed by atoms with Crippen LogP contribution in [-0.2, 0) is 4.74 Å². The monoisotopic (exact) mass is 345 g/mol. The maximum atomic E-state index is 11.8. The second-order valence-corrected chi connectivity index (χ2v) is 7.24. The molecule has 0 aliphatic carbocycles. The maximum Gasteiger partial charge on any atom is 0.407 e.